The number of para-hydroxylation sites is 2. The van der Waals surface area contributed by atoms with Crippen LogP contribution >= 0.6 is 22.7 Å². The summed E-state index contributed by atoms with van der Waals surface area (Å²) in [6.07, 6.45) is 0. The van der Waals surface area contributed by atoms with Crippen LogP contribution in [0.4, 0.5) is 34.1 Å². The Morgan fingerprint density at radius 3 is 1.14 bits per heavy atom. The van der Waals surface area contributed by atoms with Crippen LogP contribution in [-0.4, -0.2) is 0 Å². The van der Waals surface area contributed by atoms with Crippen LogP contribution in [0.3, 0.4) is 0 Å². The minimum absolute atomic E-state index is 0.179. The SMILES string of the molecule is CC1(C)c2ccccc2N(c2cccc3c(N4c5ccccc5C(C)(C)c5cc6c(cc54)sc4ccccc46)cccc23)c2cc3sc4ccccc4c3cc21. The largest absolute Gasteiger partial charge is 0.309 e. The molecule has 0 aliphatic carbocycles. The second-order valence-corrected chi connectivity index (χ2v) is 18.7. The Labute approximate surface area is 334 Å². The van der Waals surface area contributed by atoms with Crippen molar-refractivity contribution in [3.8, 4) is 0 Å². The summed E-state index contributed by atoms with van der Waals surface area (Å²) >= 11 is 3.79. The Bertz CT molecular complexity index is 3070. The highest BCUT2D eigenvalue weighted by molar-refractivity contribution is 7.26. The van der Waals surface area contributed by atoms with Gasteiger partial charge < -0.3 is 9.80 Å². The predicted octanol–water partition coefficient (Wildman–Crippen LogP) is 15.8. The highest BCUT2D eigenvalue weighted by atomic mass is 32.1. The van der Waals surface area contributed by atoms with Crippen molar-refractivity contribution in [1.82, 2.24) is 0 Å². The molecule has 0 saturated heterocycles. The number of hydrogen-bond donors (Lipinski definition) is 0. The first kappa shape index (κ1) is 32.3. The zero-order chi connectivity index (χ0) is 37.5. The molecule has 268 valence electrons. The van der Waals surface area contributed by atoms with E-state index in [0.717, 1.165) is 0 Å². The lowest BCUT2D eigenvalue weighted by Crippen LogP contribution is -2.31. The van der Waals surface area contributed by atoms with Gasteiger partial charge in [0.2, 0.25) is 0 Å². The van der Waals surface area contributed by atoms with Gasteiger partial charge >= 0.3 is 0 Å². The molecule has 0 amide bonds. The second kappa shape index (κ2) is 11.3. The molecule has 10 aromatic rings. The number of benzene rings is 8. The molecule has 0 bridgehead atoms. The second-order valence-electron chi connectivity index (χ2n) is 16.5. The van der Waals surface area contributed by atoms with Crippen molar-refractivity contribution in [3.63, 3.8) is 0 Å². The maximum Gasteiger partial charge on any atom is 0.0541 e. The third-order valence-electron chi connectivity index (χ3n) is 12.8. The highest BCUT2D eigenvalue weighted by Gasteiger charge is 2.40. The fourth-order valence-corrected chi connectivity index (χ4v) is 12.3. The predicted molar refractivity (Wildman–Crippen MR) is 243 cm³/mol. The van der Waals surface area contributed by atoms with E-state index in [4.69, 9.17) is 0 Å². The van der Waals surface area contributed by atoms with Crippen LogP contribution in [0.1, 0.15) is 49.9 Å². The number of nitrogens with zero attached hydrogens (tertiary/aromatic N) is 2. The van der Waals surface area contributed by atoms with E-state index < -0.39 is 0 Å². The molecule has 0 fully saturated rings. The lowest BCUT2D eigenvalue weighted by molar-refractivity contribution is 0.633. The van der Waals surface area contributed by atoms with E-state index in [9.17, 15) is 0 Å². The van der Waals surface area contributed by atoms with Gasteiger partial charge in [-0.2, -0.15) is 0 Å². The van der Waals surface area contributed by atoms with Gasteiger partial charge in [0.25, 0.3) is 0 Å². The van der Waals surface area contributed by atoms with Crippen LogP contribution in [-0.2, 0) is 10.8 Å². The Morgan fingerprint density at radius 1 is 0.304 bits per heavy atom. The molecule has 12 rings (SSSR count). The molecule has 0 N–H and O–H groups in total. The van der Waals surface area contributed by atoms with E-state index in [1.807, 2.05) is 22.7 Å². The molecule has 56 heavy (non-hydrogen) atoms. The third kappa shape index (κ3) is 4.26. The van der Waals surface area contributed by atoms with Crippen molar-refractivity contribution in [2.45, 2.75) is 38.5 Å². The van der Waals surface area contributed by atoms with Crippen molar-refractivity contribution in [2.75, 3.05) is 9.80 Å². The molecule has 4 heterocycles. The van der Waals surface area contributed by atoms with Crippen molar-refractivity contribution in [2.24, 2.45) is 0 Å². The van der Waals surface area contributed by atoms with E-state index in [1.165, 1.54) is 107 Å². The van der Waals surface area contributed by atoms with E-state index in [0.29, 0.717) is 0 Å². The standard InChI is InChI=1S/C52H38N2S2/c1-51(2)37-19-7-9-21-43(37)53(45-29-49-35(27-39(45)51)33-15-5-11-25-47(33)55-49)41-23-13-18-32-31(41)17-14-24-42(32)54-44-22-10-8-20-38(44)52(3,4)40-28-36-34-16-6-12-26-48(34)56-50(36)30-46(40)54/h5-30H,1-4H3. The van der Waals surface area contributed by atoms with Gasteiger partial charge in [0.15, 0.2) is 0 Å². The molecule has 8 aromatic carbocycles. The molecule has 0 saturated carbocycles. The van der Waals surface area contributed by atoms with Crippen LogP contribution in [0.15, 0.2) is 158 Å². The summed E-state index contributed by atoms with van der Waals surface area (Å²) in [6.45, 7) is 9.57. The van der Waals surface area contributed by atoms with Gasteiger partial charge in [-0.25, -0.2) is 0 Å². The average molecular weight is 755 g/mol. The van der Waals surface area contributed by atoms with Gasteiger partial charge in [-0.3, -0.25) is 0 Å². The van der Waals surface area contributed by atoms with Gasteiger partial charge in [0.05, 0.1) is 34.1 Å². The molecule has 0 radical (unpaired) electrons. The first-order chi connectivity index (χ1) is 27.3. The molecule has 0 spiro atoms. The Balaban J connectivity index is 1.12. The van der Waals surface area contributed by atoms with Crippen LogP contribution in [0.2, 0.25) is 0 Å². The quantitative estimate of drug-likeness (QED) is 0.173. The maximum atomic E-state index is 2.55. The van der Waals surface area contributed by atoms with Crippen molar-refractivity contribution in [1.29, 1.82) is 0 Å². The highest BCUT2D eigenvalue weighted by Crippen LogP contribution is 2.58. The van der Waals surface area contributed by atoms with Crippen LogP contribution in [0, 0.1) is 0 Å². The molecule has 0 unspecified atom stereocenters. The van der Waals surface area contributed by atoms with E-state index >= 15 is 0 Å². The Hall–Kier alpha value is -5.94. The molecular weight excluding hydrogens is 717 g/mol. The lowest BCUT2D eigenvalue weighted by atomic mass is 9.73. The van der Waals surface area contributed by atoms with Crippen LogP contribution in [0.5, 0.6) is 0 Å². The summed E-state index contributed by atoms with van der Waals surface area (Å²) < 4.78 is 5.31. The molecule has 2 aromatic heterocycles. The van der Waals surface area contributed by atoms with Gasteiger partial charge in [-0.15, -0.1) is 22.7 Å². The topological polar surface area (TPSA) is 6.48 Å². The van der Waals surface area contributed by atoms with E-state index in [-0.39, 0.29) is 10.8 Å². The summed E-state index contributed by atoms with van der Waals surface area (Å²) in [6, 6.07) is 59.5. The molecule has 2 aliphatic heterocycles. The number of rotatable bonds is 2. The smallest absolute Gasteiger partial charge is 0.0541 e. The van der Waals surface area contributed by atoms with Crippen molar-refractivity contribution >= 4 is 108 Å². The summed E-state index contributed by atoms with van der Waals surface area (Å²) in [5.74, 6) is 0. The molecule has 0 atom stereocenters. The first-order valence-corrected chi connectivity index (χ1v) is 21.1. The van der Waals surface area contributed by atoms with Gasteiger partial charge in [-0.1, -0.05) is 125 Å². The normalized spacial score (nSPS) is 15.4. The third-order valence-corrected chi connectivity index (χ3v) is 15.1. The van der Waals surface area contributed by atoms with Crippen molar-refractivity contribution < 1.29 is 0 Å². The number of anilines is 6. The number of thiophene rings is 2. The first-order valence-electron chi connectivity index (χ1n) is 19.5. The number of hydrogen-bond acceptors (Lipinski definition) is 4. The summed E-state index contributed by atoms with van der Waals surface area (Å²) in [7, 11) is 0. The summed E-state index contributed by atoms with van der Waals surface area (Å²) in [5.41, 5.74) is 12.4. The molecule has 2 aliphatic rings. The maximum absolute atomic E-state index is 2.55. The van der Waals surface area contributed by atoms with Crippen LogP contribution in [0.25, 0.3) is 51.1 Å². The Kier molecular flexibility index (Phi) is 6.53. The minimum atomic E-state index is -0.179. The van der Waals surface area contributed by atoms with Gasteiger partial charge in [0.1, 0.15) is 0 Å². The minimum Gasteiger partial charge on any atom is -0.309 e. The van der Waals surface area contributed by atoms with Crippen molar-refractivity contribution in [3.05, 3.63) is 180 Å². The molecule has 4 heteroatoms. The average Bonchev–Trinajstić information content (AvgIpc) is 3.77. The van der Waals surface area contributed by atoms with Crippen LogP contribution < -0.4 is 9.80 Å². The zero-order valence-electron chi connectivity index (χ0n) is 31.7. The van der Waals surface area contributed by atoms with Gasteiger partial charge in [-0.05, 0) is 82.9 Å². The zero-order valence-corrected chi connectivity index (χ0v) is 33.4. The molecule has 2 nitrogen and oxygen atoms in total. The van der Waals surface area contributed by atoms with E-state index in [1.54, 1.807) is 0 Å². The monoisotopic (exact) mass is 754 g/mol. The molecular formula is C52H38N2S2. The Morgan fingerprint density at radius 2 is 0.679 bits per heavy atom. The number of fused-ring (bicyclic) bond motifs is 11. The summed E-state index contributed by atoms with van der Waals surface area (Å²) in [5, 5.41) is 7.82. The van der Waals surface area contributed by atoms with Gasteiger partial charge in [0, 0.05) is 61.9 Å². The summed E-state index contributed by atoms with van der Waals surface area (Å²) in [4.78, 5) is 5.10. The van der Waals surface area contributed by atoms with E-state index in [2.05, 4.69) is 195 Å². The fraction of sp³-hybridized carbons (Fsp3) is 0.115. The fourth-order valence-electron chi connectivity index (χ4n) is 10.0. The lowest BCUT2D eigenvalue weighted by Gasteiger charge is -2.43.